The molecular weight excluding hydrogens is 418 g/mol. The van der Waals surface area contributed by atoms with E-state index in [0.29, 0.717) is 12.1 Å². The number of likely N-dealkylation sites (N-methyl/N-ethyl adjacent to an activating group) is 1. The minimum Gasteiger partial charge on any atom is -0.386 e. The first-order valence-electron chi connectivity index (χ1n) is 10.1. The summed E-state index contributed by atoms with van der Waals surface area (Å²) in [5.74, 6) is 0.294. The van der Waals surface area contributed by atoms with Gasteiger partial charge in [0.25, 0.3) is 0 Å². The van der Waals surface area contributed by atoms with Gasteiger partial charge in [-0.25, -0.2) is 0 Å². The van der Waals surface area contributed by atoms with Crippen molar-refractivity contribution < 1.29 is 9.90 Å². The number of fused-ring (bicyclic) bond motifs is 1. The van der Waals surface area contributed by atoms with Crippen molar-refractivity contribution in [3.8, 4) is 0 Å². The third kappa shape index (κ3) is 3.95. The van der Waals surface area contributed by atoms with E-state index >= 15 is 0 Å². The van der Waals surface area contributed by atoms with Gasteiger partial charge in [-0.15, -0.1) is 0 Å². The van der Waals surface area contributed by atoms with E-state index in [0.717, 1.165) is 59.6 Å². The Bertz CT molecular complexity index is 897. The third-order valence-electron chi connectivity index (χ3n) is 5.95. The van der Waals surface area contributed by atoms with Gasteiger partial charge in [0.2, 0.25) is 0 Å². The molecule has 0 bridgehead atoms. The van der Waals surface area contributed by atoms with E-state index in [1.165, 1.54) is 0 Å². The van der Waals surface area contributed by atoms with Gasteiger partial charge >= 0.3 is 0 Å². The number of nitrogens with zero attached hydrogens (tertiary/aromatic N) is 2. The number of hydrogen-bond acceptors (Lipinski definition) is 5. The maximum absolute atomic E-state index is 13.0. The van der Waals surface area contributed by atoms with Crippen molar-refractivity contribution in [1.82, 2.24) is 9.88 Å². The molecule has 2 atom stereocenters. The van der Waals surface area contributed by atoms with Gasteiger partial charge in [-0.05, 0) is 58.0 Å². The second-order valence-electron chi connectivity index (χ2n) is 8.63. The fourth-order valence-electron chi connectivity index (χ4n) is 4.41. The summed E-state index contributed by atoms with van der Waals surface area (Å²) in [7, 11) is 3.98. The average molecular weight is 446 g/mol. The lowest BCUT2D eigenvalue weighted by atomic mass is 9.79. The lowest BCUT2D eigenvalue weighted by molar-refractivity contribution is -0.0263. The number of Topliss-reactive ketones (excluding diaryl/α,β-unsaturated/α-hetero) is 1. The lowest BCUT2D eigenvalue weighted by Gasteiger charge is -2.42. The Balaban J connectivity index is 1.78. The Morgan fingerprint density at radius 1 is 1.32 bits per heavy atom. The number of aromatic nitrogens is 1. The predicted molar refractivity (Wildman–Crippen MR) is 116 cm³/mol. The largest absolute Gasteiger partial charge is 0.386 e. The summed E-state index contributed by atoms with van der Waals surface area (Å²) >= 11 is 3.55. The highest BCUT2D eigenvalue weighted by atomic mass is 79.9. The van der Waals surface area contributed by atoms with E-state index in [1.54, 1.807) is 6.20 Å². The molecule has 2 fully saturated rings. The minimum atomic E-state index is -0.816. The second kappa shape index (κ2) is 7.73. The van der Waals surface area contributed by atoms with Crippen LogP contribution in [0.15, 0.2) is 28.9 Å². The van der Waals surface area contributed by atoms with Crippen LogP contribution in [0.3, 0.4) is 0 Å². The van der Waals surface area contributed by atoms with Crippen molar-refractivity contribution >= 4 is 38.3 Å². The van der Waals surface area contributed by atoms with Crippen LogP contribution >= 0.6 is 15.9 Å². The zero-order chi connectivity index (χ0) is 19.9. The monoisotopic (exact) mass is 445 g/mol. The smallest absolute Gasteiger partial charge is 0.169 e. The fourth-order valence-corrected chi connectivity index (χ4v) is 4.77. The van der Waals surface area contributed by atoms with E-state index in [-0.39, 0.29) is 17.7 Å². The predicted octanol–water partition coefficient (Wildman–Crippen LogP) is 4.24. The molecule has 0 aliphatic heterocycles. The van der Waals surface area contributed by atoms with Gasteiger partial charge in [-0.2, -0.15) is 0 Å². The van der Waals surface area contributed by atoms with E-state index in [4.69, 9.17) is 0 Å². The van der Waals surface area contributed by atoms with Crippen molar-refractivity contribution in [2.75, 3.05) is 26.0 Å². The molecule has 2 saturated carbocycles. The standard InChI is InChI=1S/C22H28BrN3O2/c1-26(2)13-22(28)10-4-3-5-19(22)25-20-16-11-15(23)8-9-18(16)24-12-17(20)21(27)14-6-7-14/h8-9,11-12,14,19,28H,3-7,10,13H2,1-2H3,(H,24,25). The molecule has 1 heterocycles. The second-order valence-corrected chi connectivity index (χ2v) is 9.55. The summed E-state index contributed by atoms with van der Waals surface area (Å²) < 4.78 is 0.952. The number of carbonyl (C=O) groups is 1. The molecule has 0 spiro atoms. The highest BCUT2D eigenvalue weighted by Crippen LogP contribution is 2.39. The van der Waals surface area contributed by atoms with Crippen molar-refractivity contribution in [2.24, 2.45) is 5.92 Å². The van der Waals surface area contributed by atoms with Gasteiger partial charge < -0.3 is 15.3 Å². The van der Waals surface area contributed by atoms with Crippen LogP contribution in [0.4, 0.5) is 5.69 Å². The van der Waals surface area contributed by atoms with Crippen molar-refractivity contribution in [3.63, 3.8) is 0 Å². The Kier molecular flexibility index (Phi) is 5.47. The first-order valence-corrected chi connectivity index (χ1v) is 10.9. The Hall–Kier alpha value is -1.50. The topological polar surface area (TPSA) is 65.5 Å². The number of nitrogens with one attached hydrogen (secondary N) is 1. The molecule has 1 aromatic heterocycles. The highest BCUT2D eigenvalue weighted by molar-refractivity contribution is 9.10. The normalized spacial score (nSPS) is 25.2. The molecule has 0 saturated heterocycles. The molecule has 2 N–H and O–H groups in total. The number of pyridine rings is 1. The molecule has 0 radical (unpaired) electrons. The number of halogens is 1. The van der Waals surface area contributed by atoms with Gasteiger partial charge in [-0.3, -0.25) is 9.78 Å². The van der Waals surface area contributed by atoms with E-state index in [9.17, 15) is 9.90 Å². The number of hydrogen-bond donors (Lipinski definition) is 2. The van der Waals surface area contributed by atoms with Crippen LogP contribution < -0.4 is 5.32 Å². The van der Waals surface area contributed by atoms with Crippen LogP contribution in [-0.2, 0) is 0 Å². The molecule has 5 nitrogen and oxygen atoms in total. The van der Waals surface area contributed by atoms with Gasteiger partial charge in [0.1, 0.15) is 0 Å². The minimum absolute atomic E-state index is 0.0982. The van der Waals surface area contributed by atoms with E-state index in [2.05, 4.69) is 26.2 Å². The molecule has 0 amide bonds. The summed E-state index contributed by atoms with van der Waals surface area (Å²) in [4.78, 5) is 19.6. The summed E-state index contributed by atoms with van der Waals surface area (Å²) in [5.41, 5.74) is 1.52. The van der Waals surface area contributed by atoms with Crippen molar-refractivity contribution in [2.45, 2.75) is 50.2 Å². The van der Waals surface area contributed by atoms with Crippen LogP contribution in [0.1, 0.15) is 48.9 Å². The SMILES string of the molecule is CN(C)CC1(O)CCCCC1Nc1c(C(=O)C2CC2)cnc2ccc(Br)cc12. The molecule has 2 unspecified atom stereocenters. The molecule has 6 heteroatoms. The molecule has 1 aromatic carbocycles. The summed E-state index contributed by atoms with van der Waals surface area (Å²) in [6, 6.07) is 5.84. The zero-order valence-corrected chi connectivity index (χ0v) is 18.1. The number of carbonyl (C=O) groups excluding carboxylic acids is 1. The maximum atomic E-state index is 13.0. The molecule has 2 aliphatic rings. The van der Waals surface area contributed by atoms with Crippen molar-refractivity contribution in [3.05, 3.63) is 34.4 Å². The number of ketones is 1. The Morgan fingerprint density at radius 2 is 2.11 bits per heavy atom. The first-order chi connectivity index (χ1) is 13.4. The number of rotatable bonds is 6. The Labute approximate surface area is 174 Å². The zero-order valence-electron chi connectivity index (χ0n) is 16.5. The van der Waals surface area contributed by atoms with Crippen LogP contribution in [0.25, 0.3) is 10.9 Å². The van der Waals surface area contributed by atoms with Gasteiger partial charge in [0.05, 0.1) is 28.4 Å². The van der Waals surface area contributed by atoms with Gasteiger partial charge in [-0.1, -0.05) is 28.8 Å². The third-order valence-corrected chi connectivity index (χ3v) is 6.45. The summed E-state index contributed by atoms with van der Waals surface area (Å²) in [5, 5.41) is 16.0. The van der Waals surface area contributed by atoms with Gasteiger partial charge in [0, 0.05) is 28.5 Å². The average Bonchev–Trinajstić information content (AvgIpc) is 3.48. The highest BCUT2D eigenvalue weighted by Gasteiger charge is 2.40. The maximum Gasteiger partial charge on any atom is 0.169 e. The van der Waals surface area contributed by atoms with Crippen LogP contribution in [0.5, 0.6) is 0 Å². The van der Waals surface area contributed by atoms with Crippen LogP contribution in [0, 0.1) is 5.92 Å². The Morgan fingerprint density at radius 3 is 2.82 bits per heavy atom. The molecule has 150 valence electrons. The van der Waals surface area contributed by atoms with E-state index in [1.807, 2.05) is 37.2 Å². The number of anilines is 1. The summed E-state index contributed by atoms with van der Waals surface area (Å²) in [6.45, 7) is 0.600. The molecule has 2 aliphatic carbocycles. The van der Waals surface area contributed by atoms with Crippen molar-refractivity contribution in [1.29, 1.82) is 0 Å². The summed E-state index contributed by atoms with van der Waals surface area (Å²) in [6.07, 6.45) is 7.39. The molecule has 2 aromatic rings. The van der Waals surface area contributed by atoms with Crippen LogP contribution in [-0.4, -0.2) is 53.1 Å². The molecular formula is C22H28BrN3O2. The lowest BCUT2D eigenvalue weighted by Crippen LogP contribution is -2.55. The van der Waals surface area contributed by atoms with Gasteiger partial charge in [0.15, 0.2) is 5.78 Å². The number of benzene rings is 1. The van der Waals surface area contributed by atoms with E-state index < -0.39 is 5.60 Å². The van der Waals surface area contributed by atoms with Crippen LogP contribution in [0.2, 0.25) is 0 Å². The first kappa shape index (κ1) is 19.8. The molecule has 4 rings (SSSR count). The number of aliphatic hydroxyl groups is 1. The molecule has 28 heavy (non-hydrogen) atoms. The quantitative estimate of drug-likeness (QED) is 0.650. The fraction of sp³-hybridized carbons (Fsp3) is 0.545.